The van der Waals surface area contributed by atoms with Crippen LogP contribution in [0.15, 0.2) is 65.1 Å². The molecular weight excluding hydrogens is 537 g/mol. The number of amides is 1. The Kier molecular flexibility index (Phi) is 8.32. The van der Waals surface area contributed by atoms with E-state index in [1.807, 2.05) is 0 Å². The minimum atomic E-state index is -1.31. The van der Waals surface area contributed by atoms with Crippen LogP contribution in [0.3, 0.4) is 0 Å². The van der Waals surface area contributed by atoms with E-state index < -0.39 is 18.5 Å². The molecule has 0 spiro atoms. The number of benzene rings is 3. The molecule has 1 amide bonds. The predicted octanol–water partition coefficient (Wildman–Crippen LogP) is 5.37. The van der Waals surface area contributed by atoms with Gasteiger partial charge < -0.3 is 19.9 Å². The molecule has 0 heterocycles. The van der Waals surface area contributed by atoms with Gasteiger partial charge >= 0.3 is 11.9 Å². The van der Waals surface area contributed by atoms with Gasteiger partial charge in [0.25, 0.3) is 5.91 Å². The van der Waals surface area contributed by atoms with Crippen molar-refractivity contribution in [2.24, 2.45) is 0 Å². The van der Waals surface area contributed by atoms with Gasteiger partial charge in [-0.05, 0) is 42.5 Å². The average Bonchev–Trinajstić information content (AvgIpc) is 2.78. The summed E-state index contributed by atoms with van der Waals surface area (Å²) in [5.74, 6) is -2.53. The Labute approximate surface area is 207 Å². The molecule has 3 aromatic carbocycles. The first-order valence-corrected chi connectivity index (χ1v) is 11.0. The first-order valence-electron chi connectivity index (χ1n) is 9.42. The molecule has 7 nitrogen and oxygen atoms in total. The van der Waals surface area contributed by atoms with Gasteiger partial charge in [0.05, 0.1) is 5.02 Å². The fraction of sp³-hybridized carbons (Fsp3) is 0.0870. The summed E-state index contributed by atoms with van der Waals surface area (Å²) in [7, 11) is 0. The second-order valence-corrected chi connectivity index (χ2v) is 8.39. The molecule has 0 radical (unpaired) electrons. The highest BCUT2D eigenvalue weighted by molar-refractivity contribution is 9.10. The summed E-state index contributed by atoms with van der Waals surface area (Å²) in [6.07, 6.45) is 0. The van der Waals surface area contributed by atoms with E-state index in [1.54, 1.807) is 42.5 Å². The number of hydrogen-bond acceptors (Lipinski definition) is 5. The molecular formula is C23H16BrCl2NO6. The van der Waals surface area contributed by atoms with Crippen molar-refractivity contribution in [3.63, 3.8) is 0 Å². The zero-order chi connectivity index (χ0) is 24.0. The summed E-state index contributed by atoms with van der Waals surface area (Å²) in [5, 5.41) is 12.9. The number of hydrogen-bond donors (Lipinski definition) is 2. The van der Waals surface area contributed by atoms with Crippen molar-refractivity contribution in [2.75, 3.05) is 6.61 Å². The van der Waals surface area contributed by atoms with Crippen LogP contribution in [-0.4, -0.2) is 29.6 Å². The van der Waals surface area contributed by atoms with Crippen LogP contribution in [0, 0.1) is 0 Å². The van der Waals surface area contributed by atoms with Crippen LogP contribution < -0.4 is 14.8 Å². The van der Waals surface area contributed by atoms with Gasteiger partial charge in [-0.2, -0.15) is 0 Å². The number of carboxylic acid groups (broad SMARTS) is 1. The van der Waals surface area contributed by atoms with E-state index >= 15 is 0 Å². The highest BCUT2D eigenvalue weighted by atomic mass is 79.9. The first-order chi connectivity index (χ1) is 15.7. The van der Waals surface area contributed by atoms with Crippen molar-refractivity contribution in [3.05, 3.63) is 91.9 Å². The van der Waals surface area contributed by atoms with E-state index in [0.717, 1.165) is 0 Å². The fourth-order valence-corrected chi connectivity index (χ4v) is 3.77. The Bertz CT molecular complexity index is 1200. The quantitative estimate of drug-likeness (QED) is 0.288. The predicted molar refractivity (Wildman–Crippen MR) is 126 cm³/mol. The lowest BCUT2D eigenvalue weighted by atomic mass is 10.1. The molecule has 0 saturated heterocycles. The lowest BCUT2D eigenvalue weighted by Gasteiger charge is -2.15. The van der Waals surface area contributed by atoms with Gasteiger partial charge in [0.1, 0.15) is 11.3 Å². The number of carboxylic acids is 1. The maximum atomic E-state index is 12.4. The van der Waals surface area contributed by atoms with Crippen LogP contribution in [0.1, 0.15) is 26.3 Å². The average molecular weight is 553 g/mol. The van der Waals surface area contributed by atoms with Crippen molar-refractivity contribution in [1.82, 2.24) is 5.32 Å². The monoisotopic (exact) mass is 551 g/mol. The molecule has 0 saturated carbocycles. The van der Waals surface area contributed by atoms with E-state index in [4.69, 9.17) is 32.7 Å². The van der Waals surface area contributed by atoms with Crippen molar-refractivity contribution in [2.45, 2.75) is 6.54 Å². The van der Waals surface area contributed by atoms with Gasteiger partial charge in [0, 0.05) is 27.2 Å². The molecule has 0 bridgehead atoms. The minimum absolute atomic E-state index is 0.0834. The minimum Gasteiger partial charge on any atom is -0.480 e. The van der Waals surface area contributed by atoms with Crippen molar-refractivity contribution in [3.8, 4) is 11.5 Å². The second-order valence-electron chi connectivity index (χ2n) is 6.63. The molecule has 0 aliphatic carbocycles. The van der Waals surface area contributed by atoms with Crippen LogP contribution in [-0.2, 0) is 11.3 Å². The lowest BCUT2D eigenvalue weighted by Crippen LogP contribution is -2.25. The lowest BCUT2D eigenvalue weighted by molar-refractivity contribution is -0.136. The van der Waals surface area contributed by atoms with Crippen LogP contribution in [0.25, 0.3) is 0 Å². The molecule has 2 N–H and O–H groups in total. The van der Waals surface area contributed by atoms with Gasteiger partial charge in [0.2, 0.25) is 0 Å². The van der Waals surface area contributed by atoms with Crippen LogP contribution in [0.4, 0.5) is 0 Å². The zero-order valence-corrected chi connectivity index (χ0v) is 19.9. The van der Waals surface area contributed by atoms with E-state index in [0.29, 0.717) is 15.1 Å². The molecule has 0 aliphatic rings. The molecule has 0 atom stereocenters. The molecule has 33 heavy (non-hydrogen) atoms. The maximum Gasteiger partial charge on any atom is 0.349 e. The van der Waals surface area contributed by atoms with E-state index in [-0.39, 0.29) is 40.1 Å². The Balaban J connectivity index is 1.78. The van der Waals surface area contributed by atoms with Crippen LogP contribution in [0.5, 0.6) is 11.5 Å². The summed E-state index contributed by atoms with van der Waals surface area (Å²) in [6, 6.07) is 15.8. The standard InChI is InChI=1S/C23H16BrCl2NO6/c24-15-8-14(11-27-22(29)13-4-2-1-3-5-13)21(17(9-15)23(30)31)33-20(28)12-32-19-7-6-16(25)10-18(19)26/h1-10H,11-12H2,(H,27,29)(H,30,31). The number of nitrogens with one attached hydrogen (secondary N) is 1. The highest BCUT2D eigenvalue weighted by Crippen LogP contribution is 2.30. The summed E-state index contributed by atoms with van der Waals surface area (Å²) in [6.45, 7) is -0.619. The summed E-state index contributed by atoms with van der Waals surface area (Å²) in [4.78, 5) is 36.6. The zero-order valence-electron chi connectivity index (χ0n) is 16.8. The number of ether oxygens (including phenoxy) is 2. The van der Waals surface area contributed by atoms with E-state index in [9.17, 15) is 19.5 Å². The molecule has 0 unspecified atom stereocenters. The number of rotatable bonds is 8. The van der Waals surface area contributed by atoms with Gasteiger partial charge in [0.15, 0.2) is 12.4 Å². The summed E-state index contributed by atoms with van der Waals surface area (Å²) in [5.41, 5.74) is 0.452. The van der Waals surface area contributed by atoms with Gasteiger partial charge in [-0.3, -0.25) is 4.79 Å². The number of halogens is 3. The number of carbonyl (C=O) groups is 3. The molecule has 170 valence electrons. The van der Waals surface area contributed by atoms with Crippen LogP contribution >= 0.6 is 39.1 Å². The molecule has 0 aliphatic heterocycles. The highest BCUT2D eigenvalue weighted by Gasteiger charge is 2.21. The Morgan fingerprint density at radius 1 is 1.00 bits per heavy atom. The van der Waals surface area contributed by atoms with Gasteiger partial charge in [-0.15, -0.1) is 0 Å². The Morgan fingerprint density at radius 2 is 1.73 bits per heavy atom. The second kappa shape index (κ2) is 11.2. The molecule has 3 rings (SSSR count). The molecule has 0 fully saturated rings. The fourth-order valence-electron chi connectivity index (χ4n) is 2.80. The first kappa shape index (κ1) is 24.6. The third kappa shape index (κ3) is 6.71. The van der Waals surface area contributed by atoms with Gasteiger partial charge in [-0.25, -0.2) is 9.59 Å². The third-order valence-corrected chi connectivity index (χ3v) is 5.28. The number of aromatic carboxylic acids is 1. The topological polar surface area (TPSA) is 102 Å². The molecule has 0 aromatic heterocycles. The van der Waals surface area contributed by atoms with Crippen molar-refractivity contribution < 1.29 is 29.0 Å². The number of esters is 1. The SMILES string of the molecule is O=C(COc1ccc(Cl)cc1Cl)Oc1c(CNC(=O)c2ccccc2)cc(Br)cc1C(=O)O. The Morgan fingerprint density at radius 3 is 2.39 bits per heavy atom. The Hall–Kier alpha value is -3.07. The normalized spacial score (nSPS) is 10.4. The van der Waals surface area contributed by atoms with E-state index in [1.165, 1.54) is 18.2 Å². The number of carbonyl (C=O) groups excluding carboxylic acids is 2. The smallest absolute Gasteiger partial charge is 0.349 e. The van der Waals surface area contributed by atoms with Crippen molar-refractivity contribution >= 4 is 57.0 Å². The molecule has 3 aromatic rings. The van der Waals surface area contributed by atoms with Gasteiger partial charge in [-0.1, -0.05) is 57.3 Å². The molecule has 10 heteroatoms. The summed E-state index contributed by atoms with van der Waals surface area (Å²) < 4.78 is 11.1. The van der Waals surface area contributed by atoms with Crippen LogP contribution in [0.2, 0.25) is 10.0 Å². The third-order valence-electron chi connectivity index (χ3n) is 4.29. The summed E-state index contributed by atoms with van der Waals surface area (Å²) >= 11 is 15.1. The maximum absolute atomic E-state index is 12.4. The van der Waals surface area contributed by atoms with Crippen molar-refractivity contribution in [1.29, 1.82) is 0 Å². The largest absolute Gasteiger partial charge is 0.480 e. The van der Waals surface area contributed by atoms with E-state index in [2.05, 4.69) is 21.2 Å².